The molecule has 0 aliphatic carbocycles. The molecule has 4 aromatic rings. The lowest BCUT2D eigenvalue weighted by Crippen LogP contribution is -2.29. The molecule has 1 fully saturated rings. The Morgan fingerprint density at radius 2 is 1.60 bits per heavy atom. The van der Waals surface area contributed by atoms with Crippen LogP contribution in [-0.2, 0) is 6.54 Å². The second kappa shape index (κ2) is 8.13. The van der Waals surface area contributed by atoms with Crippen LogP contribution in [0.15, 0.2) is 104 Å². The van der Waals surface area contributed by atoms with Gasteiger partial charge in [0.1, 0.15) is 0 Å². The molecule has 0 spiro atoms. The molecule has 1 saturated heterocycles. The second-order valence-electron chi connectivity index (χ2n) is 7.43. The molecule has 0 saturated carbocycles. The van der Waals surface area contributed by atoms with Crippen LogP contribution in [-0.4, -0.2) is 19.6 Å². The van der Waals surface area contributed by atoms with E-state index in [0.717, 1.165) is 23.0 Å². The highest BCUT2D eigenvalue weighted by molar-refractivity contribution is 7.80. The zero-order chi connectivity index (χ0) is 20.3. The Hall–Kier alpha value is -3.44. The molecule has 1 aliphatic rings. The van der Waals surface area contributed by atoms with Gasteiger partial charge in [-0.3, -0.25) is 4.98 Å². The smallest absolute Gasteiger partial charge is 0.170 e. The summed E-state index contributed by atoms with van der Waals surface area (Å²) in [5.74, 6) is 0. The Morgan fingerprint density at radius 3 is 2.33 bits per heavy atom. The van der Waals surface area contributed by atoms with Crippen molar-refractivity contribution in [3.05, 3.63) is 120 Å². The fourth-order valence-corrected chi connectivity index (χ4v) is 4.37. The van der Waals surface area contributed by atoms with E-state index < -0.39 is 0 Å². The third-order valence-electron chi connectivity index (χ3n) is 5.51. The predicted octanol–water partition coefficient (Wildman–Crippen LogP) is 5.05. The molecule has 1 N–H and O–H groups in total. The molecule has 0 amide bonds. The minimum atomic E-state index is -0.00552. The van der Waals surface area contributed by atoms with Crippen LogP contribution in [0.3, 0.4) is 0 Å². The van der Waals surface area contributed by atoms with Gasteiger partial charge in [-0.15, -0.1) is 0 Å². The number of pyridine rings is 1. The van der Waals surface area contributed by atoms with Crippen LogP contribution in [0.25, 0.3) is 5.69 Å². The molecule has 5 heteroatoms. The summed E-state index contributed by atoms with van der Waals surface area (Å²) < 4.78 is 2.16. The summed E-state index contributed by atoms with van der Waals surface area (Å²) in [5.41, 5.74) is 4.57. The number of nitrogens with one attached hydrogen (secondary N) is 1. The molecule has 0 radical (unpaired) electrons. The fourth-order valence-electron chi connectivity index (χ4n) is 4.07. The summed E-state index contributed by atoms with van der Waals surface area (Å²) in [6.45, 7) is 0.747. The van der Waals surface area contributed by atoms with Crippen molar-refractivity contribution < 1.29 is 0 Å². The lowest BCUT2D eigenvalue weighted by Gasteiger charge is -2.27. The van der Waals surface area contributed by atoms with Gasteiger partial charge in [0.15, 0.2) is 5.11 Å². The van der Waals surface area contributed by atoms with Crippen LogP contribution < -0.4 is 5.32 Å². The van der Waals surface area contributed by atoms with Gasteiger partial charge < -0.3 is 14.8 Å². The molecule has 4 nitrogen and oxygen atoms in total. The Kier molecular flexibility index (Phi) is 5.03. The first kappa shape index (κ1) is 18.6. The van der Waals surface area contributed by atoms with Crippen LogP contribution >= 0.6 is 12.2 Å². The number of aromatic nitrogens is 2. The van der Waals surface area contributed by atoms with Crippen molar-refractivity contribution in [2.75, 3.05) is 0 Å². The molecule has 1 aliphatic heterocycles. The standard InChI is InChI=1S/C25H22N4S/c30-25-27-23(22-13-7-8-15-26-22)24(29(25)17-19-9-3-1-4-10-19)20-14-16-28(18-20)21-11-5-2-6-12-21/h1-16,18,23-24H,17H2,(H,27,30)/t23-,24-/m0/s1. The third kappa shape index (κ3) is 3.60. The molecule has 2 atom stereocenters. The lowest BCUT2D eigenvalue weighted by atomic mass is 9.98. The number of nitrogens with zero attached hydrogens (tertiary/aromatic N) is 3. The van der Waals surface area contributed by atoms with Gasteiger partial charge in [-0.1, -0.05) is 54.6 Å². The maximum absolute atomic E-state index is 5.77. The zero-order valence-corrected chi connectivity index (χ0v) is 17.2. The van der Waals surface area contributed by atoms with Crippen LogP contribution in [0.1, 0.15) is 28.9 Å². The topological polar surface area (TPSA) is 33.1 Å². The van der Waals surface area contributed by atoms with E-state index >= 15 is 0 Å². The van der Waals surface area contributed by atoms with Gasteiger partial charge in [0, 0.05) is 30.8 Å². The highest BCUT2D eigenvalue weighted by atomic mass is 32.1. The predicted molar refractivity (Wildman–Crippen MR) is 123 cm³/mol. The number of benzene rings is 2. The summed E-state index contributed by atoms with van der Waals surface area (Å²) in [6.07, 6.45) is 6.15. The molecule has 5 rings (SSSR count). The maximum atomic E-state index is 5.77. The lowest BCUT2D eigenvalue weighted by molar-refractivity contribution is 0.311. The summed E-state index contributed by atoms with van der Waals surface area (Å²) in [4.78, 5) is 6.89. The van der Waals surface area contributed by atoms with Crippen molar-refractivity contribution in [2.24, 2.45) is 0 Å². The van der Waals surface area contributed by atoms with Gasteiger partial charge in [-0.25, -0.2) is 0 Å². The highest BCUT2D eigenvalue weighted by Crippen LogP contribution is 2.39. The monoisotopic (exact) mass is 410 g/mol. The first-order chi connectivity index (χ1) is 14.8. The van der Waals surface area contributed by atoms with E-state index in [1.54, 1.807) is 0 Å². The molecule has 3 heterocycles. The van der Waals surface area contributed by atoms with Gasteiger partial charge in [0.2, 0.25) is 0 Å². The Labute approximate surface area is 181 Å². The van der Waals surface area contributed by atoms with E-state index in [9.17, 15) is 0 Å². The van der Waals surface area contributed by atoms with Gasteiger partial charge >= 0.3 is 0 Å². The van der Waals surface area contributed by atoms with E-state index in [0.29, 0.717) is 0 Å². The first-order valence-electron chi connectivity index (χ1n) is 10.0. The summed E-state index contributed by atoms with van der Waals surface area (Å²) in [5, 5.41) is 4.28. The van der Waals surface area contributed by atoms with Crippen LogP contribution in [0.5, 0.6) is 0 Å². The normalized spacial score (nSPS) is 18.4. The minimum absolute atomic E-state index is 0.00552. The van der Waals surface area contributed by atoms with E-state index in [1.807, 2.05) is 30.5 Å². The molecule has 30 heavy (non-hydrogen) atoms. The van der Waals surface area contributed by atoms with Gasteiger partial charge in [-0.2, -0.15) is 0 Å². The summed E-state index contributed by atoms with van der Waals surface area (Å²) >= 11 is 5.77. The maximum Gasteiger partial charge on any atom is 0.170 e. The average molecular weight is 411 g/mol. The largest absolute Gasteiger partial charge is 0.352 e. The van der Waals surface area contributed by atoms with Gasteiger partial charge in [0.25, 0.3) is 0 Å². The van der Waals surface area contributed by atoms with Crippen molar-refractivity contribution in [3.8, 4) is 5.69 Å². The van der Waals surface area contributed by atoms with Crippen molar-refractivity contribution in [2.45, 2.75) is 18.6 Å². The van der Waals surface area contributed by atoms with E-state index in [2.05, 4.69) is 92.8 Å². The van der Waals surface area contributed by atoms with Crippen LogP contribution in [0, 0.1) is 0 Å². The molecule has 0 bridgehead atoms. The van der Waals surface area contributed by atoms with Gasteiger partial charge in [0.05, 0.1) is 17.8 Å². The van der Waals surface area contributed by atoms with Crippen molar-refractivity contribution in [3.63, 3.8) is 0 Å². The second-order valence-corrected chi connectivity index (χ2v) is 7.81. The molecule has 148 valence electrons. The number of para-hydroxylation sites is 1. The van der Waals surface area contributed by atoms with Gasteiger partial charge in [-0.05, 0) is 53.7 Å². The zero-order valence-electron chi connectivity index (χ0n) is 16.4. The third-order valence-corrected chi connectivity index (χ3v) is 5.86. The number of hydrogen-bond donors (Lipinski definition) is 1. The summed E-state index contributed by atoms with van der Waals surface area (Å²) in [6, 6.07) is 29.1. The quantitative estimate of drug-likeness (QED) is 0.467. The molecule has 0 unspecified atom stereocenters. The fraction of sp³-hybridized carbons (Fsp3) is 0.120. The number of hydrogen-bond acceptors (Lipinski definition) is 2. The van der Waals surface area contributed by atoms with E-state index in [-0.39, 0.29) is 12.1 Å². The highest BCUT2D eigenvalue weighted by Gasteiger charge is 2.40. The molecular formula is C25H22N4S. The molecular weight excluding hydrogens is 388 g/mol. The number of thiocarbonyl (C=S) groups is 1. The van der Waals surface area contributed by atoms with E-state index in [4.69, 9.17) is 12.2 Å². The average Bonchev–Trinajstić information content (AvgIpc) is 3.41. The number of rotatable bonds is 5. The first-order valence-corrected chi connectivity index (χ1v) is 10.5. The Morgan fingerprint density at radius 1 is 0.867 bits per heavy atom. The minimum Gasteiger partial charge on any atom is -0.352 e. The van der Waals surface area contributed by atoms with E-state index in [1.165, 1.54) is 11.1 Å². The molecule has 2 aromatic heterocycles. The van der Waals surface area contributed by atoms with Crippen LogP contribution in [0.4, 0.5) is 0 Å². The Balaban J connectivity index is 1.54. The molecule has 2 aromatic carbocycles. The van der Waals surface area contributed by atoms with Crippen LogP contribution in [0.2, 0.25) is 0 Å². The summed E-state index contributed by atoms with van der Waals surface area (Å²) in [7, 11) is 0. The van der Waals surface area contributed by atoms with Crippen molar-refractivity contribution >= 4 is 17.3 Å². The van der Waals surface area contributed by atoms with Crippen molar-refractivity contribution in [1.82, 2.24) is 19.8 Å². The SMILES string of the molecule is S=C1N[C@@H](c2ccccn2)[C@H](c2ccn(-c3ccccc3)c2)N1Cc1ccccc1. The van der Waals surface area contributed by atoms with Crippen molar-refractivity contribution in [1.29, 1.82) is 0 Å². The Bertz CT molecular complexity index is 1130.